The van der Waals surface area contributed by atoms with Crippen LogP contribution in [0.1, 0.15) is 31.5 Å². The molecule has 0 aliphatic carbocycles. The van der Waals surface area contributed by atoms with Crippen molar-refractivity contribution in [1.29, 1.82) is 0 Å². The lowest BCUT2D eigenvalue weighted by atomic mass is 9.81. The van der Waals surface area contributed by atoms with Crippen LogP contribution in [0, 0.1) is 5.41 Å². The molecule has 2 nitrogen and oxygen atoms in total. The summed E-state index contributed by atoms with van der Waals surface area (Å²) >= 11 is 11.9. The molecule has 3 atom stereocenters. The predicted molar refractivity (Wildman–Crippen MR) is 80.4 cm³/mol. The van der Waals surface area contributed by atoms with Gasteiger partial charge in [0.15, 0.2) is 0 Å². The first-order chi connectivity index (χ1) is 8.27. The zero-order chi connectivity index (χ0) is 13.9. The lowest BCUT2D eigenvalue weighted by molar-refractivity contribution is -0.00103. The smallest absolute Gasteiger partial charge is 0.0822 e. The Morgan fingerprint density at radius 3 is 2.39 bits per heavy atom. The molecule has 18 heavy (non-hydrogen) atoms. The second-order valence-electron chi connectivity index (χ2n) is 5.17. The molecule has 3 unspecified atom stereocenters. The SMILES string of the molecule is CC(C)(CC(P)c1ccc(Cl)c(Cl)c1)C(O)CO. The molecule has 0 spiro atoms. The summed E-state index contributed by atoms with van der Waals surface area (Å²) < 4.78 is 0. The number of benzene rings is 1. The number of aliphatic hydroxyl groups excluding tert-OH is 2. The van der Waals surface area contributed by atoms with Crippen molar-refractivity contribution < 1.29 is 10.2 Å². The summed E-state index contributed by atoms with van der Waals surface area (Å²) in [5, 5.41) is 19.9. The Morgan fingerprint density at radius 2 is 1.89 bits per heavy atom. The van der Waals surface area contributed by atoms with Gasteiger partial charge in [0.1, 0.15) is 0 Å². The van der Waals surface area contributed by atoms with Crippen LogP contribution in [-0.2, 0) is 0 Å². The molecule has 1 aromatic rings. The van der Waals surface area contributed by atoms with Crippen molar-refractivity contribution in [2.24, 2.45) is 5.41 Å². The summed E-state index contributed by atoms with van der Waals surface area (Å²) in [5.74, 6) is 0. The molecule has 0 amide bonds. The van der Waals surface area contributed by atoms with Gasteiger partial charge in [-0.2, -0.15) is 0 Å². The Kier molecular flexibility index (Phi) is 5.89. The zero-order valence-electron chi connectivity index (χ0n) is 10.5. The van der Waals surface area contributed by atoms with Crippen LogP contribution in [0.5, 0.6) is 0 Å². The van der Waals surface area contributed by atoms with Gasteiger partial charge in [0.25, 0.3) is 0 Å². The minimum absolute atomic E-state index is 0.149. The summed E-state index contributed by atoms with van der Waals surface area (Å²) in [6.45, 7) is 3.64. The van der Waals surface area contributed by atoms with Gasteiger partial charge in [-0.15, -0.1) is 9.24 Å². The van der Waals surface area contributed by atoms with Crippen molar-refractivity contribution in [3.05, 3.63) is 33.8 Å². The van der Waals surface area contributed by atoms with Crippen LogP contribution in [0.3, 0.4) is 0 Å². The third kappa shape index (κ3) is 4.08. The van der Waals surface area contributed by atoms with Gasteiger partial charge < -0.3 is 10.2 Å². The Morgan fingerprint density at radius 1 is 1.28 bits per heavy atom. The van der Waals surface area contributed by atoms with E-state index in [9.17, 15) is 5.11 Å². The van der Waals surface area contributed by atoms with Crippen LogP contribution >= 0.6 is 32.4 Å². The molecule has 0 aliphatic rings. The summed E-state index contributed by atoms with van der Waals surface area (Å²) in [6, 6.07) is 5.53. The first kappa shape index (κ1) is 16.2. The van der Waals surface area contributed by atoms with Gasteiger partial charge >= 0.3 is 0 Å². The molecule has 1 aromatic carbocycles. The molecular formula is C13H19Cl2O2P. The third-order valence-electron chi connectivity index (χ3n) is 3.19. The molecule has 2 N–H and O–H groups in total. The first-order valence-electron chi connectivity index (χ1n) is 5.77. The molecule has 0 aliphatic heterocycles. The van der Waals surface area contributed by atoms with Crippen LogP contribution in [0.4, 0.5) is 0 Å². The largest absolute Gasteiger partial charge is 0.394 e. The van der Waals surface area contributed by atoms with Crippen molar-refractivity contribution in [2.75, 3.05) is 6.61 Å². The lowest BCUT2D eigenvalue weighted by Gasteiger charge is -2.32. The molecule has 0 bridgehead atoms. The second kappa shape index (κ2) is 6.54. The van der Waals surface area contributed by atoms with Crippen molar-refractivity contribution in [2.45, 2.75) is 32.0 Å². The Labute approximate surface area is 121 Å². The van der Waals surface area contributed by atoms with Gasteiger partial charge in [-0.05, 0) is 35.2 Å². The number of hydrogen-bond donors (Lipinski definition) is 2. The highest BCUT2D eigenvalue weighted by Gasteiger charge is 2.29. The summed E-state index contributed by atoms with van der Waals surface area (Å²) in [7, 11) is 2.75. The molecule has 1 rings (SSSR count). The van der Waals surface area contributed by atoms with E-state index in [1.807, 2.05) is 26.0 Å². The molecule has 0 radical (unpaired) electrons. The van der Waals surface area contributed by atoms with Gasteiger partial charge in [-0.1, -0.05) is 43.1 Å². The normalized spacial score (nSPS) is 15.5. The number of halogens is 2. The van der Waals surface area contributed by atoms with Crippen LogP contribution < -0.4 is 0 Å². The minimum atomic E-state index is -0.733. The highest BCUT2D eigenvalue weighted by Crippen LogP contribution is 2.39. The van der Waals surface area contributed by atoms with E-state index in [0.29, 0.717) is 10.0 Å². The minimum Gasteiger partial charge on any atom is -0.394 e. The molecule has 0 saturated heterocycles. The summed E-state index contributed by atoms with van der Waals surface area (Å²) in [4.78, 5) is 0. The van der Waals surface area contributed by atoms with Gasteiger partial charge in [-0.3, -0.25) is 0 Å². The highest BCUT2D eigenvalue weighted by molar-refractivity contribution is 7.17. The van der Waals surface area contributed by atoms with Crippen LogP contribution in [0.15, 0.2) is 18.2 Å². The maximum absolute atomic E-state index is 9.77. The predicted octanol–water partition coefficient (Wildman–Crippen LogP) is 3.68. The Bertz CT molecular complexity index is 410. The molecule has 102 valence electrons. The van der Waals surface area contributed by atoms with E-state index in [0.717, 1.165) is 12.0 Å². The van der Waals surface area contributed by atoms with E-state index in [4.69, 9.17) is 28.3 Å². The van der Waals surface area contributed by atoms with Gasteiger partial charge in [0, 0.05) is 0 Å². The van der Waals surface area contributed by atoms with Crippen molar-refractivity contribution in [1.82, 2.24) is 0 Å². The summed E-state index contributed by atoms with van der Waals surface area (Å²) in [5.41, 5.74) is 0.830. The first-order valence-corrected chi connectivity index (χ1v) is 7.19. The average Bonchev–Trinajstić information content (AvgIpc) is 2.30. The second-order valence-corrected chi connectivity index (χ2v) is 6.79. The monoisotopic (exact) mass is 308 g/mol. The van der Waals surface area contributed by atoms with E-state index in [-0.39, 0.29) is 17.7 Å². The maximum atomic E-state index is 9.77. The molecule has 0 saturated carbocycles. The van der Waals surface area contributed by atoms with Gasteiger partial charge in [-0.25, -0.2) is 0 Å². The Hall–Kier alpha value is 0.150. The highest BCUT2D eigenvalue weighted by atomic mass is 35.5. The van der Waals surface area contributed by atoms with Gasteiger partial charge in [0.05, 0.1) is 22.8 Å². The van der Waals surface area contributed by atoms with Crippen molar-refractivity contribution in [3.8, 4) is 0 Å². The van der Waals surface area contributed by atoms with E-state index < -0.39 is 6.10 Å². The fourth-order valence-electron chi connectivity index (χ4n) is 1.81. The number of rotatable bonds is 5. The molecule has 0 heterocycles. The molecule has 0 aromatic heterocycles. The Balaban J connectivity index is 2.81. The van der Waals surface area contributed by atoms with Crippen LogP contribution in [-0.4, -0.2) is 22.9 Å². The summed E-state index contributed by atoms with van der Waals surface area (Å²) in [6.07, 6.45) is -0.0134. The lowest BCUT2D eigenvalue weighted by Crippen LogP contribution is -2.33. The maximum Gasteiger partial charge on any atom is 0.0822 e. The molecular weight excluding hydrogens is 290 g/mol. The topological polar surface area (TPSA) is 40.5 Å². The fourth-order valence-corrected chi connectivity index (χ4v) is 2.93. The van der Waals surface area contributed by atoms with Gasteiger partial charge in [0.2, 0.25) is 0 Å². The van der Waals surface area contributed by atoms with Crippen molar-refractivity contribution in [3.63, 3.8) is 0 Å². The van der Waals surface area contributed by atoms with Crippen LogP contribution in [0.2, 0.25) is 10.0 Å². The van der Waals surface area contributed by atoms with Crippen molar-refractivity contribution >= 4 is 32.4 Å². The zero-order valence-corrected chi connectivity index (χ0v) is 13.2. The van der Waals surface area contributed by atoms with E-state index in [2.05, 4.69) is 9.24 Å². The fraction of sp³-hybridized carbons (Fsp3) is 0.538. The third-order valence-corrected chi connectivity index (χ3v) is 4.55. The van der Waals surface area contributed by atoms with E-state index >= 15 is 0 Å². The van der Waals surface area contributed by atoms with E-state index in [1.54, 1.807) is 6.07 Å². The van der Waals surface area contributed by atoms with Crippen LogP contribution in [0.25, 0.3) is 0 Å². The number of hydrogen-bond acceptors (Lipinski definition) is 2. The quantitative estimate of drug-likeness (QED) is 0.815. The van der Waals surface area contributed by atoms with E-state index in [1.165, 1.54) is 0 Å². The number of aliphatic hydroxyl groups is 2. The standard InChI is InChI=1S/C13H19Cl2O2P/c1-13(2,12(17)7-16)6-11(18)8-3-4-9(14)10(15)5-8/h3-5,11-12,16-17H,6-7,18H2,1-2H3. The average molecular weight is 309 g/mol. The molecule has 5 heteroatoms. The molecule has 0 fully saturated rings.